The molecule has 0 aromatic heterocycles. The Hall–Kier alpha value is -3.47. The van der Waals surface area contributed by atoms with Gasteiger partial charge < -0.3 is 20.3 Å². The molecule has 0 saturated heterocycles. The number of hydrogen-bond donors (Lipinski definition) is 3. The van der Waals surface area contributed by atoms with Gasteiger partial charge in [-0.15, -0.1) is 0 Å². The van der Waals surface area contributed by atoms with Gasteiger partial charge in [-0.2, -0.15) is 0 Å². The lowest BCUT2D eigenvalue weighted by molar-refractivity contribution is 0.0698. The minimum Gasteiger partial charge on any atom is -0.508 e. The molecule has 0 unspecified atom stereocenters. The van der Waals surface area contributed by atoms with Crippen molar-refractivity contribution in [2.45, 2.75) is 12.8 Å². The van der Waals surface area contributed by atoms with E-state index in [9.17, 15) is 15.0 Å². The topological polar surface area (TPSA) is 78.8 Å². The second-order valence-electron chi connectivity index (χ2n) is 6.21. The molecule has 5 nitrogen and oxygen atoms in total. The number of benzene rings is 3. The van der Waals surface area contributed by atoms with Gasteiger partial charge in [0.2, 0.25) is 0 Å². The van der Waals surface area contributed by atoms with E-state index in [0.717, 1.165) is 29.7 Å². The van der Waals surface area contributed by atoms with Gasteiger partial charge in [-0.3, -0.25) is 0 Å². The molecule has 0 fully saturated rings. The van der Waals surface area contributed by atoms with Crippen LogP contribution in [0.1, 0.15) is 21.5 Å². The smallest absolute Gasteiger partial charge is 0.337 e. The summed E-state index contributed by atoms with van der Waals surface area (Å²) in [5, 5.41) is 22.2. The average molecular weight is 363 g/mol. The number of hydrogen-bond acceptors (Lipinski definition) is 4. The number of carbonyl (C=O) groups is 1. The Bertz CT molecular complexity index is 953. The molecule has 0 heterocycles. The second kappa shape index (κ2) is 8.27. The summed E-state index contributed by atoms with van der Waals surface area (Å²) in [5.41, 5.74) is 3.48. The van der Waals surface area contributed by atoms with Crippen LogP contribution in [0.3, 0.4) is 0 Å². The number of phenols is 1. The van der Waals surface area contributed by atoms with Crippen LogP contribution < -0.4 is 10.1 Å². The Balaban J connectivity index is 1.81. The number of carboxylic acid groups (broad SMARTS) is 1. The maximum Gasteiger partial charge on any atom is 0.337 e. The molecule has 138 valence electrons. The van der Waals surface area contributed by atoms with Crippen LogP contribution in [-0.2, 0) is 12.8 Å². The summed E-state index contributed by atoms with van der Waals surface area (Å²) in [7, 11) is 1.64. The highest BCUT2D eigenvalue weighted by Crippen LogP contribution is 2.25. The minimum absolute atomic E-state index is 0.117. The Kier molecular flexibility index (Phi) is 5.61. The number of aryl methyl sites for hydroxylation is 2. The van der Waals surface area contributed by atoms with Gasteiger partial charge in [-0.25, -0.2) is 4.79 Å². The largest absolute Gasteiger partial charge is 0.508 e. The molecule has 0 aliphatic rings. The fraction of sp³-hybridized carbons (Fsp3) is 0.136. The molecule has 27 heavy (non-hydrogen) atoms. The van der Waals surface area contributed by atoms with Crippen LogP contribution in [0.5, 0.6) is 11.5 Å². The lowest BCUT2D eigenvalue weighted by Gasteiger charge is -2.12. The van der Waals surface area contributed by atoms with Gasteiger partial charge in [0.05, 0.1) is 18.4 Å². The SMILES string of the molecule is COc1cccc(CCc2ccc(C(=O)O)c(Nc3cccc(O)c3)c2)c1. The van der Waals surface area contributed by atoms with Crippen molar-refractivity contribution in [1.29, 1.82) is 0 Å². The average Bonchev–Trinajstić information content (AvgIpc) is 2.66. The van der Waals surface area contributed by atoms with E-state index in [-0.39, 0.29) is 11.3 Å². The van der Waals surface area contributed by atoms with Crippen molar-refractivity contribution in [3.8, 4) is 11.5 Å². The number of methoxy groups -OCH3 is 1. The Labute approximate surface area is 157 Å². The van der Waals surface area contributed by atoms with Crippen LogP contribution in [0.15, 0.2) is 66.7 Å². The van der Waals surface area contributed by atoms with E-state index in [2.05, 4.69) is 5.32 Å². The third kappa shape index (κ3) is 4.79. The molecule has 0 aliphatic carbocycles. The normalized spacial score (nSPS) is 10.4. The van der Waals surface area contributed by atoms with Gasteiger partial charge in [0.25, 0.3) is 0 Å². The fourth-order valence-electron chi connectivity index (χ4n) is 2.89. The number of anilines is 2. The van der Waals surface area contributed by atoms with Crippen LogP contribution in [0.2, 0.25) is 0 Å². The van der Waals surface area contributed by atoms with E-state index in [0.29, 0.717) is 11.4 Å². The molecule has 5 heteroatoms. The molecule has 0 atom stereocenters. The quantitative estimate of drug-likeness (QED) is 0.570. The number of nitrogens with one attached hydrogen (secondary N) is 1. The number of ether oxygens (including phenoxy) is 1. The number of aromatic hydroxyl groups is 1. The van der Waals surface area contributed by atoms with Crippen LogP contribution in [0, 0.1) is 0 Å². The highest BCUT2D eigenvalue weighted by Gasteiger charge is 2.11. The zero-order chi connectivity index (χ0) is 19.2. The molecule has 3 rings (SSSR count). The number of aromatic carboxylic acids is 1. The van der Waals surface area contributed by atoms with Crippen LogP contribution in [0.25, 0.3) is 0 Å². The lowest BCUT2D eigenvalue weighted by atomic mass is 10.0. The first kappa shape index (κ1) is 18.3. The Morgan fingerprint density at radius 3 is 2.41 bits per heavy atom. The minimum atomic E-state index is -1.00. The Morgan fingerprint density at radius 1 is 0.963 bits per heavy atom. The van der Waals surface area contributed by atoms with Gasteiger partial charge in [-0.1, -0.05) is 24.3 Å². The number of rotatable bonds is 7. The van der Waals surface area contributed by atoms with E-state index in [1.54, 1.807) is 37.4 Å². The molecule has 0 amide bonds. The monoisotopic (exact) mass is 363 g/mol. The zero-order valence-corrected chi connectivity index (χ0v) is 15.0. The summed E-state index contributed by atoms with van der Waals surface area (Å²) < 4.78 is 5.25. The second-order valence-corrected chi connectivity index (χ2v) is 6.21. The molecule has 3 aromatic rings. The van der Waals surface area contributed by atoms with Gasteiger partial charge in [-0.05, 0) is 60.4 Å². The predicted octanol–water partition coefficient (Wildman–Crippen LogP) is 4.63. The maximum atomic E-state index is 11.5. The standard InChI is InChI=1S/C22H21NO4/c1-27-19-7-2-4-15(12-19)8-9-16-10-11-20(22(25)26)21(13-16)23-17-5-3-6-18(24)14-17/h2-7,10-14,23-24H,8-9H2,1H3,(H,25,26). The van der Waals surface area contributed by atoms with Crippen molar-refractivity contribution in [2.24, 2.45) is 0 Å². The summed E-state index contributed by atoms with van der Waals surface area (Å²) in [5.74, 6) is -0.0666. The van der Waals surface area contributed by atoms with E-state index in [4.69, 9.17) is 4.74 Å². The molecular weight excluding hydrogens is 342 g/mol. The van der Waals surface area contributed by atoms with E-state index < -0.39 is 5.97 Å². The van der Waals surface area contributed by atoms with E-state index in [1.807, 2.05) is 36.4 Å². The summed E-state index contributed by atoms with van der Waals surface area (Å²) >= 11 is 0. The third-order valence-corrected chi connectivity index (χ3v) is 4.28. The number of carboxylic acids is 1. The molecule has 0 aliphatic heterocycles. The van der Waals surface area contributed by atoms with Gasteiger partial charge in [0, 0.05) is 11.8 Å². The summed E-state index contributed by atoms with van der Waals surface area (Å²) in [4.78, 5) is 11.5. The first-order chi connectivity index (χ1) is 13.0. The molecule has 0 spiro atoms. The molecular formula is C22H21NO4. The summed E-state index contributed by atoms with van der Waals surface area (Å²) in [6, 6.07) is 19.8. The summed E-state index contributed by atoms with van der Waals surface area (Å²) in [6.07, 6.45) is 1.58. The highest BCUT2D eigenvalue weighted by molar-refractivity contribution is 5.95. The van der Waals surface area contributed by atoms with Crippen molar-refractivity contribution in [3.05, 3.63) is 83.4 Å². The molecule has 0 bridgehead atoms. The molecule has 3 aromatic carbocycles. The van der Waals surface area contributed by atoms with Crippen LogP contribution in [-0.4, -0.2) is 23.3 Å². The summed E-state index contributed by atoms with van der Waals surface area (Å²) in [6.45, 7) is 0. The van der Waals surface area contributed by atoms with Crippen molar-refractivity contribution >= 4 is 17.3 Å². The van der Waals surface area contributed by atoms with Gasteiger partial charge in [0.1, 0.15) is 11.5 Å². The first-order valence-electron chi connectivity index (χ1n) is 8.60. The highest BCUT2D eigenvalue weighted by atomic mass is 16.5. The van der Waals surface area contributed by atoms with Crippen molar-refractivity contribution < 1.29 is 19.7 Å². The lowest BCUT2D eigenvalue weighted by Crippen LogP contribution is -2.04. The van der Waals surface area contributed by atoms with Crippen molar-refractivity contribution in [1.82, 2.24) is 0 Å². The van der Waals surface area contributed by atoms with Crippen LogP contribution >= 0.6 is 0 Å². The maximum absolute atomic E-state index is 11.5. The third-order valence-electron chi connectivity index (χ3n) is 4.28. The van der Waals surface area contributed by atoms with Crippen LogP contribution in [0.4, 0.5) is 11.4 Å². The van der Waals surface area contributed by atoms with Crippen molar-refractivity contribution in [2.75, 3.05) is 12.4 Å². The first-order valence-corrected chi connectivity index (χ1v) is 8.60. The predicted molar refractivity (Wildman–Crippen MR) is 105 cm³/mol. The zero-order valence-electron chi connectivity index (χ0n) is 15.0. The van der Waals surface area contributed by atoms with Crippen molar-refractivity contribution in [3.63, 3.8) is 0 Å². The van der Waals surface area contributed by atoms with Gasteiger partial charge >= 0.3 is 5.97 Å². The van der Waals surface area contributed by atoms with Gasteiger partial charge in [0.15, 0.2) is 0 Å². The molecule has 3 N–H and O–H groups in total. The fourth-order valence-corrected chi connectivity index (χ4v) is 2.89. The molecule has 0 radical (unpaired) electrons. The number of phenolic OH excluding ortho intramolecular Hbond substituents is 1. The van der Waals surface area contributed by atoms with E-state index >= 15 is 0 Å². The Morgan fingerprint density at radius 2 is 1.70 bits per heavy atom. The molecule has 0 saturated carbocycles. The van der Waals surface area contributed by atoms with E-state index in [1.165, 1.54) is 0 Å².